The lowest BCUT2D eigenvalue weighted by atomic mass is 9.87. The van der Waals surface area contributed by atoms with Crippen LogP contribution in [0.5, 0.6) is 0 Å². The molecule has 0 aliphatic carbocycles. The molecule has 2 aromatic rings. The Morgan fingerprint density at radius 2 is 1.55 bits per heavy atom. The van der Waals surface area contributed by atoms with Crippen LogP contribution in [0, 0.1) is 11.8 Å². The number of hydrogen-bond donors (Lipinski definition) is 0. The number of aromatic nitrogens is 1. The summed E-state index contributed by atoms with van der Waals surface area (Å²) in [4.78, 5) is 15.4. The molecule has 0 radical (unpaired) electrons. The van der Waals surface area contributed by atoms with E-state index < -0.39 is 10.0 Å². The van der Waals surface area contributed by atoms with Gasteiger partial charge in [0.1, 0.15) is 0 Å². The van der Waals surface area contributed by atoms with E-state index >= 15 is 0 Å². The van der Waals surface area contributed by atoms with Crippen LogP contribution in [0.1, 0.15) is 59.7 Å². The van der Waals surface area contributed by atoms with E-state index in [1.807, 2.05) is 55.9 Å². The molecule has 184 valence electrons. The number of rotatable bonds is 10. The third-order valence-corrected chi connectivity index (χ3v) is 7.41. The third-order valence-electron chi connectivity index (χ3n) is 5.58. The van der Waals surface area contributed by atoms with E-state index in [0.29, 0.717) is 13.1 Å². The smallest absolute Gasteiger partial charge is 0.243 e. The third kappa shape index (κ3) is 7.44. The molecule has 0 spiro atoms. The maximum Gasteiger partial charge on any atom is 0.243 e. The fourth-order valence-corrected chi connectivity index (χ4v) is 5.29. The molecular formula is C26H41N3O3S. The van der Waals surface area contributed by atoms with Gasteiger partial charge in [0, 0.05) is 32.0 Å². The topological polar surface area (TPSA) is 62.6 Å². The molecule has 7 heteroatoms. The second-order valence-electron chi connectivity index (χ2n) is 10.7. The Kier molecular flexibility index (Phi) is 8.94. The molecule has 1 amide bonds. The van der Waals surface area contributed by atoms with Crippen LogP contribution in [0.3, 0.4) is 0 Å². The second kappa shape index (κ2) is 10.9. The van der Waals surface area contributed by atoms with Crippen molar-refractivity contribution >= 4 is 15.9 Å². The van der Waals surface area contributed by atoms with E-state index in [-0.39, 0.29) is 41.1 Å². The van der Waals surface area contributed by atoms with E-state index in [9.17, 15) is 13.2 Å². The normalized spacial score (nSPS) is 12.7. The molecule has 0 atom stereocenters. The summed E-state index contributed by atoms with van der Waals surface area (Å²) in [5.74, 6) is 0.183. The maximum atomic E-state index is 13.5. The maximum absolute atomic E-state index is 13.5. The first-order valence-electron chi connectivity index (χ1n) is 11.7. The summed E-state index contributed by atoms with van der Waals surface area (Å²) in [5.41, 5.74) is 2.02. The fourth-order valence-electron chi connectivity index (χ4n) is 3.73. The van der Waals surface area contributed by atoms with Gasteiger partial charge in [-0.2, -0.15) is 4.31 Å². The van der Waals surface area contributed by atoms with Gasteiger partial charge in [-0.1, -0.05) is 60.6 Å². The first-order chi connectivity index (χ1) is 15.2. The van der Waals surface area contributed by atoms with Crippen molar-refractivity contribution in [3.63, 3.8) is 0 Å². The number of nitrogens with zero attached hydrogens (tertiary/aromatic N) is 3. The number of benzene rings is 1. The highest BCUT2D eigenvalue weighted by Gasteiger charge is 2.30. The van der Waals surface area contributed by atoms with E-state index in [4.69, 9.17) is 0 Å². The number of aryl methyl sites for hydroxylation is 1. The zero-order valence-electron chi connectivity index (χ0n) is 21.5. The van der Waals surface area contributed by atoms with Gasteiger partial charge in [0.2, 0.25) is 15.9 Å². The van der Waals surface area contributed by atoms with Gasteiger partial charge in [0.25, 0.3) is 0 Å². The highest BCUT2D eigenvalue weighted by atomic mass is 32.2. The van der Waals surface area contributed by atoms with Crippen LogP contribution in [-0.2, 0) is 33.8 Å². The van der Waals surface area contributed by atoms with Crippen molar-refractivity contribution in [2.45, 2.75) is 65.3 Å². The summed E-state index contributed by atoms with van der Waals surface area (Å²) in [7, 11) is -1.86. The Morgan fingerprint density at radius 1 is 0.970 bits per heavy atom. The monoisotopic (exact) mass is 475 g/mol. The van der Waals surface area contributed by atoms with Gasteiger partial charge in [-0.3, -0.25) is 4.79 Å². The first kappa shape index (κ1) is 27.1. The number of sulfonamides is 1. The van der Waals surface area contributed by atoms with Crippen LogP contribution < -0.4 is 0 Å². The molecule has 1 aromatic heterocycles. The SMILES string of the molecule is CC(C)CN(Cc1cccn1C)C(=O)CN(CC(C)C)S(=O)(=O)c1ccc(C(C)(C)C)cc1. The fraction of sp³-hybridized carbons (Fsp3) is 0.577. The predicted molar refractivity (Wildman–Crippen MR) is 134 cm³/mol. The second-order valence-corrected chi connectivity index (χ2v) is 12.7. The number of carbonyl (C=O) groups excluding carboxylic acids is 1. The molecule has 6 nitrogen and oxygen atoms in total. The van der Waals surface area contributed by atoms with Gasteiger partial charge >= 0.3 is 0 Å². The van der Waals surface area contributed by atoms with E-state index in [2.05, 4.69) is 34.6 Å². The first-order valence-corrected chi connectivity index (χ1v) is 13.1. The van der Waals surface area contributed by atoms with Gasteiger partial charge in [-0.25, -0.2) is 8.42 Å². The summed E-state index contributed by atoms with van der Waals surface area (Å²) < 4.78 is 30.4. The highest BCUT2D eigenvalue weighted by Crippen LogP contribution is 2.25. The molecule has 0 N–H and O–H groups in total. The number of carbonyl (C=O) groups is 1. The average Bonchev–Trinajstić information content (AvgIpc) is 3.10. The minimum atomic E-state index is -3.81. The van der Waals surface area contributed by atoms with E-state index in [1.54, 1.807) is 17.0 Å². The molecule has 1 aromatic carbocycles. The van der Waals surface area contributed by atoms with Crippen molar-refractivity contribution in [2.24, 2.45) is 18.9 Å². The Labute approximate surface area is 200 Å². The van der Waals surface area contributed by atoms with Crippen LogP contribution in [-0.4, -0.2) is 47.7 Å². The van der Waals surface area contributed by atoms with Crippen molar-refractivity contribution in [1.82, 2.24) is 13.8 Å². The molecule has 0 bridgehead atoms. The molecule has 0 fully saturated rings. The van der Waals surface area contributed by atoms with Crippen LogP contribution in [0.4, 0.5) is 0 Å². The number of amides is 1. The Morgan fingerprint density at radius 3 is 2.00 bits per heavy atom. The van der Waals surface area contributed by atoms with E-state index in [0.717, 1.165) is 11.3 Å². The molecule has 0 unspecified atom stereocenters. The summed E-state index contributed by atoms with van der Waals surface area (Å²) in [5, 5.41) is 0. The molecule has 0 aliphatic rings. The van der Waals surface area contributed by atoms with Gasteiger partial charge in [0.05, 0.1) is 18.0 Å². The zero-order chi connectivity index (χ0) is 25.0. The van der Waals surface area contributed by atoms with Crippen molar-refractivity contribution < 1.29 is 13.2 Å². The van der Waals surface area contributed by atoms with Crippen molar-refractivity contribution in [2.75, 3.05) is 19.6 Å². The van der Waals surface area contributed by atoms with Crippen molar-refractivity contribution in [3.8, 4) is 0 Å². The Bertz CT molecular complexity index is 1020. The van der Waals surface area contributed by atoms with Gasteiger partial charge in [-0.15, -0.1) is 0 Å². The molecule has 2 rings (SSSR count). The summed E-state index contributed by atoms with van der Waals surface area (Å²) in [6.45, 7) is 15.5. The van der Waals surface area contributed by atoms with Crippen molar-refractivity contribution in [1.29, 1.82) is 0 Å². The Hall–Kier alpha value is -2.12. The van der Waals surface area contributed by atoms with Gasteiger partial charge < -0.3 is 9.47 Å². The largest absolute Gasteiger partial charge is 0.353 e. The lowest BCUT2D eigenvalue weighted by Gasteiger charge is -2.29. The average molecular weight is 476 g/mol. The van der Waals surface area contributed by atoms with Crippen molar-refractivity contribution in [3.05, 3.63) is 53.9 Å². The summed E-state index contributed by atoms with van der Waals surface area (Å²) in [6, 6.07) is 11.0. The Balaban J connectivity index is 2.31. The summed E-state index contributed by atoms with van der Waals surface area (Å²) >= 11 is 0. The zero-order valence-corrected chi connectivity index (χ0v) is 22.3. The highest BCUT2D eigenvalue weighted by molar-refractivity contribution is 7.89. The standard InChI is InChI=1S/C26H41N3O3S/c1-20(2)16-28(18-23-10-9-15-27(23)8)25(30)19-29(17-21(3)4)33(31,32)24-13-11-22(12-14-24)26(5,6)7/h9-15,20-21H,16-19H2,1-8H3. The minimum Gasteiger partial charge on any atom is -0.353 e. The molecule has 33 heavy (non-hydrogen) atoms. The van der Waals surface area contributed by atoms with Crippen LogP contribution in [0.15, 0.2) is 47.5 Å². The summed E-state index contributed by atoms with van der Waals surface area (Å²) in [6.07, 6.45) is 1.95. The van der Waals surface area contributed by atoms with Gasteiger partial charge in [-0.05, 0) is 47.1 Å². The lowest BCUT2D eigenvalue weighted by molar-refractivity contribution is -0.132. The molecule has 0 saturated heterocycles. The lowest BCUT2D eigenvalue weighted by Crippen LogP contribution is -2.45. The predicted octanol–water partition coefficient (Wildman–Crippen LogP) is 4.65. The minimum absolute atomic E-state index is 0.0653. The molecular weight excluding hydrogens is 434 g/mol. The molecule has 1 heterocycles. The van der Waals surface area contributed by atoms with E-state index in [1.165, 1.54) is 4.31 Å². The van der Waals surface area contributed by atoms with Crippen LogP contribution in [0.2, 0.25) is 0 Å². The van der Waals surface area contributed by atoms with Crippen LogP contribution >= 0.6 is 0 Å². The van der Waals surface area contributed by atoms with Gasteiger partial charge in [0.15, 0.2) is 0 Å². The number of hydrogen-bond acceptors (Lipinski definition) is 3. The quantitative estimate of drug-likeness (QED) is 0.502. The molecule has 0 aliphatic heterocycles. The van der Waals surface area contributed by atoms with Crippen LogP contribution in [0.25, 0.3) is 0 Å². The molecule has 0 saturated carbocycles.